The normalized spacial score (nSPS) is 11.6. The molecule has 0 aromatic heterocycles. The largest absolute Gasteiger partial charge is 0.493 e. The maximum Gasteiger partial charge on any atom is 0.203 e. The van der Waals surface area contributed by atoms with Gasteiger partial charge in [0.15, 0.2) is 11.5 Å². The van der Waals surface area contributed by atoms with Crippen molar-refractivity contribution in [3.8, 4) is 23.0 Å². The standard InChI is InChI=1S/C14H20O5/c1-9(15)6-10(2)19-11-7-12(16-3)14(18-5)13(8-11)17-4/h7-8,10H,6H2,1-5H3. The third kappa shape index (κ3) is 4.05. The summed E-state index contributed by atoms with van der Waals surface area (Å²) < 4.78 is 21.4. The number of benzene rings is 1. The first-order valence-electron chi connectivity index (χ1n) is 5.97. The number of hydrogen-bond acceptors (Lipinski definition) is 5. The fraction of sp³-hybridized carbons (Fsp3) is 0.500. The minimum atomic E-state index is -0.208. The van der Waals surface area contributed by atoms with E-state index >= 15 is 0 Å². The van der Waals surface area contributed by atoms with Crippen LogP contribution in [0.3, 0.4) is 0 Å². The SMILES string of the molecule is COc1cc(OC(C)CC(C)=O)cc(OC)c1OC. The summed E-state index contributed by atoms with van der Waals surface area (Å²) in [5.74, 6) is 2.21. The smallest absolute Gasteiger partial charge is 0.203 e. The number of hydrogen-bond donors (Lipinski definition) is 0. The van der Waals surface area contributed by atoms with Gasteiger partial charge in [0.2, 0.25) is 5.75 Å². The van der Waals surface area contributed by atoms with Crippen LogP contribution < -0.4 is 18.9 Å². The zero-order chi connectivity index (χ0) is 14.4. The van der Waals surface area contributed by atoms with Gasteiger partial charge in [0.1, 0.15) is 17.6 Å². The number of methoxy groups -OCH3 is 3. The summed E-state index contributed by atoms with van der Waals surface area (Å²) in [5, 5.41) is 0. The molecule has 0 aliphatic rings. The van der Waals surface area contributed by atoms with Crippen molar-refractivity contribution in [2.24, 2.45) is 0 Å². The second kappa shape index (κ2) is 6.87. The number of rotatable bonds is 7. The minimum Gasteiger partial charge on any atom is -0.493 e. The number of ether oxygens (including phenoxy) is 4. The highest BCUT2D eigenvalue weighted by molar-refractivity contribution is 5.76. The van der Waals surface area contributed by atoms with Crippen LogP contribution in [-0.2, 0) is 4.79 Å². The highest BCUT2D eigenvalue weighted by atomic mass is 16.5. The second-order valence-corrected chi connectivity index (χ2v) is 4.20. The Hall–Kier alpha value is -1.91. The number of carbonyl (C=O) groups is 1. The van der Waals surface area contributed by atoms with Gasteiger partial charge in [-0.15, -0.1) is 0 Å². The van der Waals surface area contributed by atoms with Gasteiger partial charge in [-0.1, -0.05) is 0 Å². The maximum absolute atomic E-state index is 11.0. The summed E-state index contributed by atoms with van der Waals surface area (Å²) >= 11 is 0. The Bertz CT molecular complexity index is 416. The first-order chi connectivity index (χ1) is 9.01. The van der Waals surface area contributed by atoms with Gasteiger partial charge >= 0.3 is 0 Å². The van der Waals surface area contributed by atoms with E-state index in [4.69, 9.17) is 18.9 Å². The van der Waals surface area contributed by atoms with Gasteiger partial charge in [0, 0.05) is 18.6 Å². The minimum absolute atomic E-state index is 0.0833. The average Bonchev–Trinajstić information content (AvgIpc) is 2.36. The molecule has 106 valence electrons. The zero-order valence-electron chi connectivity index (χ0n) is 12.0. The highest BCUT2D eigenvalue weighted by Crippen LogP contribution is 2.41. The molecule has 1 atom stereocenters. The summed E-state index contributed by atoms with van der Waals surface area (Å²) in [6.45, 7) is 3.37. The molecule has 0 saturated carbocycles. The van der Waals surface area contributed by atoms with Gasteiger partial charge in [-0.25, -0.2) is 0 Å². The zero-order valence-corrected chi connectivity index (χ0v) is 12.0. The van der Waals surface area contributed by atoms with E-state index in [1.807, 2.05) is 6.92 Å². The van der Waals surface area contributed by atoms with Crippen LogP contribution in [0.25, 0.3) is 0 Å². The lowest BCUT2D eigenvalue weighted by Crippen LogP contribution is -2.15. The molecule has 5 nitrogen and oxygen atoms in total. The topological polar surface area (TPSA) is 54.0 Å². The number of carbonyl (C=O) groups excluding carboxylic acids is 1. The molecule has 1 aromatic carbocycles. The molecule has 0 saturated heterocycles. The highest BCUT2D eigenvalue weighted by Gasteiger charge is 2.15. The quantitative estimate of drug-likeness (QED) is 0.760. The molecule has 0 amide bonds. The van der Waals surface area contributed by atoms with Crippen LogP contribution in [0.1, 0.15) is 20.3 Å². The van der Waals surface area contributed by atoms with Crippen molar-refractivity contribution < 1.29 is 23.7 Å². The van der Waals surface area contributed by atoms with Crippen molar-refractivity contribution in [3.05, 3.63) is 12.1 Å². The Morgan fingerprint density at radius 1 is 1.11 bits per heavy atom. The Morgan fingerprint density at radius 3 is 2.00 bits per heavy atom. The molecule has 0 fully saturated rings. The van der Waals surface area contributed by atoms with Crippen LogP contribution >= 0.6 is 0 Å². The summed E-state index contributed by atoms with van der Waals surface area (Å²) in [5.41, 5.74) is 0. The Morgan fingerprint density at radius 2 is 1.63 bits per heavy atom. The van der Waals surface area contributed by atoms with Crippen molar-refractivity contribution in [3.63, 3.8) is 0 Å². The maximum atomic E-state index is 11.0. The third-order valence-electron chi connectivity index (χ3n) is 2.55. The van der Waals surface area contributed by atoms with E-state index in [9.17, 15) is 4.79 Å². The summed E-state index contributed by atoms with van der Waals surface area (Å²) in [6.07, 6.45) is 0.150. The van der Waals surface area contributed by atoms with Gasteiger partial charge < -0.3 is 18.9 Å². The summed E-state index contributed by atoms with van der Waals surface area (Å²) in [4.78, 5) is 11.0. The molecule has 0 radical (unpaired) electrons. The molecular formula is C14H20O5. The molecule has 1 aromatic rings. The van der Waals surface area contributed by atoms with Crippen LogP contribution in [0.2, 0.25) is 0 Å². The van der Waals surface area contributed by atoms with Crippen LogP contribution in [-0.4, -0.2) is 33.2 Å². The summed E-state index contributed by atoms with van der Waals surface area (Å²) in [6, 6.07) is 3.41. The van der Waals surface area contributed by atoms with Gasteiger partial charge in [0.05, 0.1) is 21.3 Å². The van der Waals surface area contributed by atoms with Gasteiger partial charge in [-0.3, -0.25) is 4.79 Å². The van der Waals surface area contributed by atoms with Gasteiger partial charge in [-0.05, 0) is 13.8 Å². The van der Waals surface area contributed by atoms with Crippen LogP contribution in [0.4, 0.5) is 0 Å². The van der Waals surface area contributed by atoms with E-state index < -0.39 is 0 Å². The first kappa shape index (κ1) is 15.1. The third-order valence-corrected chi connectivity index (χ3v) is 2.55. The Balaban J connectivity index is 2.99. The molecule has 0 aliphatic carbocycles. The lowest BCUT2D eigenvalue weighted by atomic mass is 10.2. The lowest BCUT2D eigenvalue weighted by molar-refractivity contribution is -0.118. The van der Waals surface area contributed by atoms with Crippen molar-refractivity contribution in [2.75, 3.05) is 21.3 Å². The van der Waals surface area contributed by atoms with Gasteiger partial charge in [0.25, 0.3) is 0 Å². The predicted molar refractivity (Wildman–Crippen MR) is 71.5 cm³/mol. The number of Topliss-reactive ketones (excluding diaryl/α,β-unsaturated/α-hetero) is 1. The molecule has 0 bridgehead atoms. The first-order valence-corrected chi connectivity index (χ1v) is 5.97. The van der Waals surface area contributed by atoms with E-state index in [2.05, 4.69) is 0 Å². The van der Waals surface area contributed by atoms with E-state index in [1.165, 1.54) is 6.92 Å². The molecule has 19 heavy (non-hydrogen) atoms. The van der Waals surface area contributed by atoms with Crippen LogP contribution in [0.15, 0.2) is 12.1 Å². The second-order valence-electron chi connectivity index (χ2n) is 4.20. The van der Waals surface area contributed by atoms with Crippen molar-refractivity contribution in [1.82, 2.24) is 0 Å². The monoisotopic (exact) mass is 268 g/mol. The van der Waals surface area contributed by atoms with Crippen molar-refractivity contribution >= 4 is 5.78 Å². The van der Waals surface area contributed by atoms with Crippen LogP contribution in [0.5, 0.6) is 23.0 Å². The van der Waals surface area contributed by atoms with Crippen molar-refractivity contribution in [2.45, 2.75) is 26.4 Å². The van der Waals surface area contributed by atoms with E-state index in [0.717, 1.165) is 0 Å². The Labute approximate surface area is 113 Å². The number of ketones is 1. The van der Waals surface area contributed by atoms with Crippen molar-refractivity contribution in [1.29, 1.82) is 0 Å². The molecule has 1 rings (SSSR count). The van der Waals surface area contributed by atoms with Crippen LogP contribution in [0, 0.1) is 0 Å². The molecule has 0 heterocycles. The summed E-state index contributed by atoms with van der Waals surface area (Å²) in [7, 11) is 4.62. The molecule has 1 unspecified atom stereocenters. The fourth-order valence-corrected chi connectivity index (χ4v) is 1.80. The molecule has 0 aliphatic heterocycles. The van der Waals surface area contributed by atoms with Gasteiger partial charge in [-0.2, -0.15) is 0 Å². The van der Waals surface area contributed by atoms with E-state index in [0.29, 0.717) is 29.4 Å². The molecule has 0 N–H and O–H groups in total. The molecule has 5 heteroatoms. The van der Waals surface area contributed by atoms with E-state index in [-0.39, 0.29) is 11.9 Å². The lowest BCUT2D eigenvalue weighted by Gasteiger charge is -2.17. The predicted octanol–water partition coefficient (Wildman–Crippen LogP) is 2.46. The average molecular weight is 268 g/mol. The fourth-order valence-electron chi connectivity index (χ4n) is 1.80. The Kier molecular flexibility index (Phi) is 5.48. The van der Waals surface area contributed by atoms with E-state index in [1.54, 1.807) is 33.5 Å². The molecular weight excluding hydrogens is 248 g/mol. The molecule has 0 spiro atoms.